The van der Waals surface area contributed by atoms with E-state index in [0.717, 1.165) is 5.92 Å². The SMILES string of the molecule is CC(C)CCC[C@@H](C)CC(=O)N(C)C. The van der Waals surface area contributed by atoms with E-state index in [-0.39, 0.29) is 5.91 Å². The summed E-state index contributed by atoms with van der Waals surface area (Å²) in [6.45, 7) is 6.66. The van der Waals surface area contributed by atoms with Gasteiger partial charge in [0.15, 0.2) is 0 Å². The maximum absolute atomic E-state index is 11.4. The molecule has 0 fully saturated rings. The number of hydrogen-bond donors (Lipinski definition) is 0. The third-order valence-electron chi connectivity index (χ3n) is 2.50. The lowest BCUT2D eigenvalue weighted by Crippen LogP contribution is -2.23. The minimum atomic E-state index is 0.252. The molecular weight excluding hydrogens is 174 g/mol. The van der Waals surface area contributed by atoms with Crippen molar-refractivity contribution in [1.82, 2.24) is 4.90 Å². The summed E-state index contributed by atoms with van der Waals surface area (Å²) in [5.41, 5.74) is 0. The van der Waals surface area contributed by atoms with Gasteiger partial charge in [-0.05, 0) is 11.8 Å². The van der Waals surface area contributed by atoms with E-state index in [1.165, 1.54) is 19.3 Å². The van der Waals surface area contributed by atoms with Crippen LogP contribution >= 0.6 is 0 Å². The Morgan fingerprint density at radius 2 is 1.71 bits per heavy atom. The van der Waals surface area contributed by atoms with E-state index in [4.69, 9.17) is 0 Å². The lowest BCUT2D eigenvalue weighted by atomic mass is 9.97. The summed E-state index contributed by atoms with van der Waals surface area (Å²) >= 11 is 0. The van der Waals surface area contributed by atoms with Gasteiger partial charge in [-0.1, -0.05) is 40.0 Å². The fraction of sp³-hybridized carbons (Fsp3) is 0.917. The Hall–Kier alpha value is -0.530. The molecule has 0 aromatic heterocycles. The second-order valence-electron chi connectivity index (χ2n) is 4.92. The van der Waals surface area contributed by atoms with Crippen molar-refractivity contribution < 1.29 is 4.79 Å². The van der Waals surface area contributed by atoms with Crippen molar-refractivity contribution in [2.45, 2.75) is 46.5 Å². The first-order valence-electron chi connectivity index (χ1n) is 5.63. The highest BCUT2D eigenvalue weighted by Gasteiger charge is 2.10. The Bertz CT molecular complexity index is 164. The molecule has 0 heterocycles. The molecule has 0 aromatic carbocycles. The molecule has 0 rings (SSSR count). The number of carbonyl (C=O) groups is 1. The van der Waals surface area contributed by atoms with Crippen LogP contribution in [-0.2, 0) is 4.79 Å². The molecule has 0 N–H and O–H groups in total. The normalized spacial score (nSPS) is 13.0. The van der Waals surface area contributed by atoms with Gasteiger partial charge in [0.25, 0.3) is 0 Å². The Balaban J connectivity index is 3.55. The van der Waals surface area contributed by atoms with Gasteiger partial charge in [-0.15, -0.1) is 0 Å². The van der Waals surface area contributed by atoms with Crippen molar-refractivity contribution in [2.75, 3.05) is 14.1 Å². The molecule has 0 saturated heterocycles. The summed E-state index contributed by atoms with van der Waals surface area (Å²) in [5.74, 6) is 1.57. The summed E-state index contributed by atoms with van der Waals surface area (Å²) in [7, 11) is 3.65. The lowest BCUT2D eigenvalue weighted by molar-refractivity contribution is -0.129. The molecular formula is C12H25NO. The van der Waals surface area contributed by atoms with Crippen LogP contribution in [0.3, 0.4) is 0 Å². The molecule has 1 amide bonds. The maximum Gasteiger partial charge on any atom is 0.222 e. The lowest BCUT2D eigenvalue weighted by Gasteiger charge is -2.15. The average Bonchev–Trinajstić information content (AvgIpc) is 2.02. The first-order valence-corrected chi connectivity index (χ1v) is 5.63. The predicted molar refractivity (Wildman–Crippen MR) is 61.2 cm³/mol. The fourth-order valence-corrected chi connectivity index (χ4v) is 1.46. The molecule has 1 atom stereocenters. The summed E-state index contributed by atoms with van der Waals surface area (Å²) in [6, 6.07) is 0. The number of rotatable bonds is 6. The van der Waals surface area contributed by atoms with Gasteiger partial charge in [0.2, 0.25) is 5.91 Å². The van der Waals surface area contributed by atoms with Crippen LogP contribution in [0.1, 0.15) is 46.5 Å². The van der Waals surface area contributed by atoms with Crippen LogP contribution in [0.15, 0.2) is 0 Å². The van der Waals surface area contributed by atoms with Gasteiger partial charge in [0.1, 0.15) is 0 Å². The molecule has 0 aliphatic carbocycles. The number of amides is 1. The molecule has 0 aliphatic rings. The van der Waals surface area contributed by atoms with Crippen molar-refractivity contribution in [1.29, 1.82) is 0 Å². The molecule has 2 heteroatoms. The minimum Gasteiger partial charge on any atom is -0.349 e. The Labute approximate surface area is 88.7 Å². The van der Waals surface area contributed by atoms with Gasteiger partial charge in [0.05, 0.1) is 0 Å². The van der Waals surface area contributed by atoms with Gasteiger partial charge in [-0.3, -0.25) is 4.79 Å². The van der Waals surface area contributed by atoms with E-state index >= 15 is 0 Å². The van der Waals surface area contributed by atoms with Crippen molar-refractivity contribution in [3.05, 3.63) is 0 Å². The smallest absolute Gasteiger partial charge is 0.222 e. The second kappa shape index (κ2) is 6.86. The van der Waals surface area contributed by atoms with E-state index in [9.17, 15) is 4.79 Å². The van der Waals surface area contributed by atoms with Crippen molar-refractivity contribution in [3.8, 4) is 0 Å². The average molecular weight is 199 g/mol. The van der Waals surface area contributed by atoms with Gasteiger partial charge >= 0.3 is 0 Å². The molecule has 0 bridgehead atoms. The second-order valence-corrected chi connectivity index (χ2v) is 4.92. The highest BCUT2D eigenvalue weighted by atomic mass is 16.2. The zero-order valence-electron chi connectivity index (χ0n) is 10.3. The summed E-state index contributed by atoms with van der Waals surface area (Å²) < 4.78 is 0. The first-order chi connectivity index (χ1) is 6.43. The van der Waals surface area contributed by atoms with Gasteiger partial charge < -0.3 is 4.90 Å². The molecule has 0 saturated carbocycles. The molecule has 0 radical (unpaired) electrons. The van der Waals surface area contributed by atoms with Crippen LogP contribution in [0.5, 0.6) is 0 Å². The third kappa shape index (κ3) is 6.93. The van der Waals surface area contributed by atoms with Crippen LogP contribution in [0, 0.1) is 11.8 Å². The van der Waals surface area contributed by atoms with E-state index in [1.54, 1.807) is 4.90 Å². The maximum atomic E-state index is 11.4. The van der Waals surface area contributed by atoms with E-state index in [0.29, 0.717) is 12.3 Å². The van der Waals surface area contributed by atoms with Crippen LogP contribution in [0.2, 0.25) is 0 Å². The number of carbonyl (C=O) groups excluding carboxylic acids is 1. The van der Waals surface area contributed by atoms with Crippen LogP contribution in [0.4, 0.5) is 0 Å². The Kier molecular flexibility index (Phi) is 6.60. The van der Waals surface area contributed by atoms with Crippen LogP contribution < -0.4 is 0 Å². The third-order valence-corrected chi connectivity index (χ3v) is 2.50. The summed E-state index contributed by atoms with van der Waals surface area (Å²) in [6.07, 6.45) is 4.41. The van der Waals surface area contributed by atoms with Crippen molar-refractivity contribution in [3.63, 3.8) is 0 Å². The van der Waals surface area contributed by atoms with Crippen molar-refractivity contribution in [2.24, 2.45) is 11.8 Å². The van der Waals surface area contributed by atoms with E-state index < -0.39 is 0 Å². The first kappa shape index (κ1) is 13.5. The zero-order valence-corrected chi connectivity index (χ0v) is 10.3. The largest absolute Gasteiger partial charge is 0.349 e. The monoisotopic (exact) mass is 199 g/mol. The molecule has 0 unspecified atom stereocenters. The minimum absolute atomic E-state index is 0.252. The quantitative estimate of drug-likeness (QED) is 0.644. The summed E-state index contributed by atoms with van der Waals surface area (Å²) in [5, 5.41) is 0. The molecule has 14 heavy (non-hydrogen) atoms. The van der Waals surface area contributed by atoms with E-state index in [2.05, 4.69) is 20.8 Å². The molecule has 0 spiro atoms. The molecule has 0 aromatic rings. The Morgan fingerprint density at radius 3 is 2.14 bits per heavy atom. The van der Waals surface area contributed by atoms with Gasteiger partial charge in [0, 0.05) is 20.5 Å². The predicted octanol–water partition coefficient (Wildman–Crippen LogP) is 2.93. The van der Waals surface area contributed by atoms with Crippen LogP contribution in [0.25, 0.3) is 0 Å². The topological polar surface area (TPSA) is 20.3 Å². The molecule has 2 nitrogen and oxygen atoms in total. The molecule has 84 valence electrons. The molecule has 0 aliphatic heterocycles. The highest BCUT2D eigenvalue weighted by molar-refractivity contribution is 5.75. The van der Waals surface area contributed by atoms with Gasteiger partial charge in [-0.2, -0.15) is 0 Å². The van der Waals surface area contributed by atoms with Gasteiger partial charge in [-0.25, -0.2) is 0 Å². The highest BCUT2D eigenvalue weighted by Crippen LogP contribution is 2.15. The number of nitrogens with zero attached hydrogens (tertiary/aromatic N) is 1. The standard InChI is InChI=1S/C12H25NO/c1-10(2)7-6-8-11(3)9-12(14)13(4)5/h10-11H,6-9H2,1-5H3/t11-/m1/s1. The number of hydrogen-bond acceptors (Lipinski definition) is 1. The fourth-order valence-electron chi connectivity index (χ4n) is 1.46. The van der Waals surface area contributed by atoms with Crippen LogP contribution in [-0.4, -0.2) is 24.9 Å². The Morgan fingerprint density at radius 1 is 1.14 bits per heavy atom. The van der Waals surface area contributed by atoms with E-state index in [1.807, 2.05) is 14.1 Å². The van der Waals surface area contributed by atoms with Crippen molar-refractivity contribution >= 4 is 5.91 Å². The zero-order chi connectivity index (χ0) is 11.1. The summed E-state index contributed by atoms with van der Waals surface area (Å²) in [4.78, 5) is 13.1.